The maximum absolute atomic E-state index is 12.5. The van der Waals surface area contributed by atoms with Crippen LogP contribution in [0, 0.1) is 5.92 Å². The number of carboxylic acid groups (broad SMARTS) is 1. The van der Waals surface area contributed by atoms with Gasteiger partial charge in [-0.15, -0.1) is 0 Å². The lowest BCUT2D eigenvalue weighted by Gasteiger charge is -2.30. The Morgan fingerprint density at radius 2 is 1.95 bits per heavy atom. The third-order valence-corrected chi connectivity index (χ3v) is 4.72. The first-order chi connectivity index (χ1) is 10.3. The zero-order chi connectivity index (χ0) is 16.4. The van der Waals surface area contributed by atoms with Crippen LogP contribution in [0.5, 0.6) is 0 Å². The first-order valence-corrected chi connectivity index (χ1v) is 8.15. The number of carbonyl (C=O) groups is 2. The summed E-state index contributed by atoms with van der Waals surface area (Å²) in [6, 6.07) is 5.91. The molecule has 1 amide bonds. The van der Waals surface area contributed by atoms with Gasteiger partial charge in [-0.1, -0.05) is 61.6 Å². The van der Waals surface area contributed by atoms with Crippen LogP contribution in [0.4, 0.5) is 0 Å². The predicted molar refractivity (Wildman–Crippen MR) is 90.1 cm³/mol. The first-order valence-electron chi connectivity index (χ1n) is 6.54. The Bertz CT molecular complexity index is 655. The number of hydrogen-bond acceptors (Lipinski definition) is 5. The summed E-state index contributed by atoms with van der Waals surface area (Å²) in [5.41, 5.74) is 0.791. The van der Waals surface area contributed by atoms with Crippen molar-refractivity contribution in [3.8, 4) is 0 Å². The summed E-state index contributed by atoms with van der Waals surface area (Å²) in [5.74, 6) is -2.02. The second-order valence-electron chi connectivity index (χ2n) is 5.11. The molecule has 0 spiro atoms. The van der Waals surface area contributed by atoms with Crippen LogP contribution in [-0.4, -0.2) is 27.1 Å². The van der Waals surface area contributed by atoms with E-state index in [1.807, 2.05) is 0 Å². The molecule has 1 saturated heterocycles. The molecule has 1 aliphatic rings. The van der Waals surface area contributed by atoms with Crippen molar-refractivity contribution in [1.82, 2.24) is 4.90 Å². The van der Waals surface area contributed by atoms with Crippen LogP contribution in [0.2, 0.25) is 5.02 Å². The molecule has 1 heterocycles. The molecular formula is C15H13ClNO3S2-. The number of carboxylic acids is 1. The van der Waals surface area contributed by atoms with Crippen molar-refractivity contribution in [2.75, 3.05) is 0 Å². The number of amides is 1. The van der Waals surface area contributed by atoms with Gasteiger partial charge in [0.1, 0.15) is 4.32 Å². The zero-order valence-corrected chi connectivity index (χ0v) is 14.3. The maximum Gasteiger partial charge on any atom is 0.266 e. The molecule has 1 aliphatic heterocycles. The molecule has 1 fully saturated rings. The Morgan fingerprint density at radius 1 is 1.36 bits per heavy atom. The molecule has 22 heavy (non-hydrogen) atoms. The monoisotopic (exact) mass is 354 g/mol. The van der Waals surface area contributed by atoms with Gasteiger partial charge in [0.05, 0.1) is 16.9 Å². The summed E-state index contributed by atoms with van der Waals surface area (Å²) < 4.78 is 0.230. The van der Waals surface area contributed by atoms with Crippen LogP contribution in [-0.2, 0) is 9.59 Å². The molecule has 1 aromatic rings. The number of thiocarbonyl (C=S) groups is 1. The van der Waals surface area contributed by atoms with Crippen molar-refractivity contribution >= 4 is 57.9 Å². The molecule has 1 aromatic carbocycles. The summed E-state index contributed by atoms with van der Waals surface area (Å²) in [7, 11) is 0. The van der Waals surface area contributed by atoms with Crippen LogP contribution in [0.25, 0.3) is 6.08 Å². The smallest absolute Gasteiger partial charge is 0.266 e. The van der Waals surface area contributed by atoms with Crippen LogP contribution in [0.15, 0.2) is 29.2 Å². The lowest BCUT2D eigenvalue weighted by molar-refractivity contribution is -0.311. The highest BCUT2D eigenvalue weighted by atomic mass is 35.5. The van der Waals surface area contributed by atoms with E-state index in [0.717, 1.165) is 22.2 Å². The molecule has 0 radical (unpaired) electrons. The first kappa shape index (κ1) is 17.0. The van der Waals surface area contributed by atoms with Crippen molar-refractivity contribution in [3.05, 3.63) is 39.8 Å². The van der Waals surface area contributed by atoms with Crippen LogP contribution in [0.3, 0.4) is 0 Å². The zero-order valence-electron chi connectivity index (χ0n) is 11.9. The van der Waals surface area contributed by atoms with E-state index in [4.69, 9.17) is 23.8 Å². The largest absolute Gasteiger partial charge is 0.548 e. The standard InChI is InChI=1S/C15H14ClNO3S2/c1-8(2)12(14(19)20)17-13(18)11(22-15(17)21)7-9-3-5-10(16)6-4-9/h3-8,12H,1-2H3,(H,19,20)/p-1. The average molecular weight is 355 g/mol. The minimum atomic E-state index is -1.31. The van der Waals surface area contributed by atoms with Gasteiger partial charge in [0, 0.05) is 5.02 Å². The molecule has 0 aliphatic carbocycles. The van der Waals surface area contributed by atoms with Gasteiger partial charge in [-0.05, 0) is 29.7 Å². The SMILES string of the molecule is CC(C)C(C(=O)[O-])N1C(=O)C(=Cc2ccc(Cl)cc2)SC1=S. The Hall–Kier alpha value is -1.37. The summed E-state index contributed by atoms with van der Waals surface area (Å²) in [4.78, 5) is 25.3. The maximum atomic E-state index is 12.5. The van der Waals surface area contributed by atoms with Crippen molar-refractivity contribution in [3.63, 3.8) is 0 Å². The molecule has 2 rings (SSSR count). The number of carbonyl (C=O) groups excluding carboxylic acids is 2. The van der Waals surface area contributed by atoms with E-state index in [0.29, 0.717) is 9.93 Å². The molecule has 4 nitrogen and oxygen atoms in total. The fraction of sp³-hybridized carbons (Fsp3) is 0.267. The van der Waals surface area contributed by atoms with Crippen LogP contribution in [0.1, 0.15) is 19.4 Å². The van der Waals surface area contributed by atoms with E-state index in [2.05, 4.69) is 0 Å². The van der Waals surface area contributed by atoms with Crippen LogP contribution < -0.4 is 5.11 Å². The normalized spacial score (nSPS) is 18.4. The molecule has 0 aromatic heterocycles. The van der Waals surface area contributed by atoms with Gasteiger partial charge >= 0.3 is 0 Å². The highest BCUT2D eigenvalue weighted by Crippen LogP contribution is 2.35. The molecule has 1 unspecified atom stereocenters. The van der Waals surface area contributed by atoms with E-state index in [-0.39, 0.29) is 10.2 Å². The van der Waals surface area contributed by atoms with Gasteiger partial charge in [-0.2, -0.15) is 0 Å². The third-order valence-electron chi connectivity index (χ3n) is 3.14. The number of benzene rings is 1. The van der Waals surface area contributed by atoms with Crippen molar-refractivity contribution < 1.29 is 14.7 Å². The lowest BCUT2D eigenvalue weighted by atomic mass is 10.0. The Kier molecular flexibility index (Phi) is 5.26. The van der Waals surface area contributed by atoms with Crippen molar-refractivity contribution in [2.45, 2.75) is 19.9 Å². The van der Waals surface area contributed by atoms with E-state index in [9.17, 15) is 14.7 Å². The minimum Gasteiger partial charge on any atom is -0.548 e. The van der Waals surface area contributed by atoms with E-state index in [1.54, 1.807) is 44.2 Å². The van der Waals surface area contributed by atoms with Crippen molar-refractivity contribution in [2.24, 2.45) is 5.92 Å². The quantitative estimate of drug-likeness (QED) is 0.613. The van der Waals surface area contributed by atoms with E-state index < -0.39 is 17.9 Å². The molecule has 7 heteroatoms. The van der Waals surface area contributed by atoms with Gasteiger partial charge in [0.2, 0.25) is 0 Å². The van der Waals surface area contributed by atoms with Crippen molar-refractivity contribution in [1.29, 1.82) is 0 Å². The highest BCUT2D eigenvalue weighted by Gasteiger charge is 2.38. The fourth-order valence-electron chi connectivity index (χ4n) is 2.11. The molecule has 116 valence electrons. The second kappa shape index (κ2) is 6.81. The number of nitrogens with zero attached hydrogens (tertiary/aromatic N) is 1. The summed E-state index contributed by atoms with van der Waals surface area (Å²) in [6.07, 6.45) is 1.67. The number of halogens is 1. The lowest BCUT2D eigenvalue weighted by Crippen LogP contribution is -2.52. The number of hydrogen-bond donors (Lipinski definition) is 0. The van der Waals surface area contributed by atoms with Gasteiger partial charge < -0.3 is 9.90 Å². The highest BCUT2D eigenvalue weighted by molar-refractivity contribution is 8.26. The number of thioether (sulfide) groups is 1. The van der Waals surface area contributed by atoms with Gasteiger partial charge in [0.25, 0.3) is 5.91 Å². The minimum absolute atomic E-state index is 0.230. The summed E-state index contributed by atoms with van der Waals surface area (Å²) >= 11 is 12.1. The molecule has 0 saturated carbocycles. The van der Waals surface area contributed by atoms with Gasteiger partial charge in [0.15, 0.2) is 0 Å². The molecule has 0 N–H and O–H groups in total. The van der Waals surface area contributed by atoms with E-state index in [1.165, 1.54) is 0 Å². The topological polar surface area (TPSA) is 60.4 Å². The third kappa shape index (κ3) is 3.51. The van der Waals surface area contributed by atoms with Gasteiger partial charge in [-0.25, -0.2) is 0 Å². The summed E-state index contributed by atoms with van der Waals surface area (Å²) in [6.45, 7) is 3.42. The Morgan fingerprint density at radius 3 is 2.45 bits per heavy atom. The molecule has 1 atom stereocenters. The Labute approximate surface area is 143 Å². The molecule has 0 bridgehead atoms. The fourth-order valence-corrected chi connectivity index (χ4v) is 3.56. The number of aliphatic carboxylic acids is 1. The van der Waals surface area contributed by atoms with Gasteiger partial charge in [-0.3, -0.25) is 9.69 Å². The van der Waals surface area contributed by atoms with E-state index >= 15 is 0 Å². The summed E-state index contributed by atoms with van der Waals surface area (Å²) in [5, 5.41) is 11.9. The predicted octanol–water partition coefficient (Wildman–Crippen LogP) is 2.32. The average Bonchev–Trinajstić information content (AvgIpc) is 2.69. The second-order valence-corrected chi connectivity index (χ2v) is 7.22. The Balaban J connectivity index is 2.32. The van der Waals surface area contributed by atoms with Crippen LogP contribution >= 0.6 is 35.6 Å². The number of rotatable bonds is 4. The molecular weight excluding hydrogens is 342 g/mol.